The Bertz CT molecular complexity index is 642. The first kappa shape index (κ1) is 15.4. The average molecular weight is 326 g/mol. The van der Waals surface area contributed by atoms with Crippen LogP contribution < -0.4 is 5.32 Å². The van der Waals surface area contributed by atoms with Gasteiger partial charge >= 0.3 is 5.97 Å². The normalized spacial score (nSPS) is 10.2. The fourth-order valence-electron chi connectivity index (χ4n) is 1.48. The van der Waals surface area contributed by atoms with Crippen molar-refractivity contribution in [3.8, 4) is 0 Å². The van der Waals surface area contributed by atoms with E-state index in [1.165, 1.54) is 0 Å². The Kier molecular flexibility index (Phi) is 5.24. The fraction of sp³-hybridized carbons (Fsp3) is 0.231. The zero-order valence-corrected chi connectivity index (χ0v) is 12.7. The summed E-state index contributed by atoms with van der Waals surface area (Å²) < 4.78 is 4.82. The number of carbonyl (C=O) groups excluding carboxylic acids is 2. The molecule has 0 aliphatic rings. The van der Waals surface area contributed by atoms with E-state index >= 15 is 0 Å². The average Bonchev–Trinajstić information content (AvgIpc) is 2.86. The van der Waals surface area contributed by atoms with Gasteiger partial charge < -0.3 is 4.74 Å². The van der Waals surface area contributed by atoms with Crippen molar-refractivity contribution < 1.29 is 14.3 Å². The lowest BCUT2D eigenvalue weighted by molar-refractivity contribution is -0.142. The number of benzene rings is 1. The molecule has 0 radical (unpaired) electrons. The molecule has 8 heteroatoms. The third-order valence-corrected chi connectivity index (χ3v) is 3.49. The fourth-order valence-corrected chi connectivity index (χ4v) is 2.33. The van der Waals surface area contributed by atoms with Crippen molar-refractivity contribution in [1.82, 2.24) is 10.2 Å². The number of amides is 1. The van der Waals surface area contributed by atoms with Crippen LogP contribution in [0.3, 0.4) is 0 Å². The van der Waals surface area contributed by atoms with Crippen LogP contribution in [0.5, 0.6) is 0 Å². The molecule has 2 aromatic rings. The maximum Gasteiger partial charge on any atom is 0.312 e. The Morgan fingerprint density at radius 2 is 2.00 bits per heavy atom. The second-order valence-electron chi connectivity index (χ2n) is 3.94. The molecule has 0 spiro atoms. The van der Waals surface area contributed by atoms with Crippen molar-refractivity contribution in [3.63, 3.8) is 0 Å². The highest BCUT2D eigenvalue weighted by molar-refractivity contribution is 7.15. The standard InChI is InChI=1S/C13H12ClN3O3S/c1-2-20-11(18)7-10-16-17-13(21-10)15-12(19)8-3-5-9(14)6-4-8/h3-6H,2,7H2,1H3,(H,15,17,19). The number of aromatic nitrogens is 2. The van der Waals surface area contributed by atoms with Gasteiger partial charge in [-0.1, -0.05) is 22.9 Å². The number of anilines is 1. The minimum atomic E-state index is -0.371. The maximum absolute atomic E-state index is 12.0. The van der Waals surface area contributed by atoms with Crippen LogP contribution in [0.15, 0.2) is 24.3 Å². The summed E-state index contributed by atoms with van der Waals surface area (Å²) in [4.78, 5) is 23.3. The van der Waals surface area contributed by atoms with Crippen molar-refractivity contribution in [2.24, 2.45) is 0 Å². The first-order valence-electron chi connectivity index (χ1n) is 6.13. The zero-order chi connectivity index (χ0) is 15.2. The van der Waals surface area contributed by atoms with Gasteiger partial charge in [0.2, 0.25) is 5.13 Å². The smallest absolute Gasteiger partial charge is 0.312 e. The molecule has 0 atom stereocenters. The molecule has 110 valence electrons. The number of halogens is 1. The Morgan fingerprint density at radius 1 is 1.29 bits per heavy atom. The van der Waals surface area contributed by atoms with Gasteiger partial charge in [-0.25, -0.2) is 0 Å². The predicted octanol–water partition coefficient (Wildman–Crippen LogP) is 2.55. The van der Waals surface area contributed by atoms with Gasteiger partial charge in [-0.15, -0.1) is 10.2 Å². The Morgan fingerprint density at radius 3 is 2.67 bits per heavy atom. The number of nitrogens with zero attached hydrogens (tertiary/aromatic N) is 2. The number of hydrogen-bond acceptors (Lipinski definition) is 6. The summed E-state index contributed by atoms with van der Waals surface area (Å²) in [6, 6.07) is 6.47. The van der Waals surface area contributed by atoms with Crippen LogP contribution in [-0.4, -0.2) is 28.7 Å². The zero-order valence-electron chi connectivity index (χ0n) is 11.1. The Hall–Kier alpha value is -1.99. The molecule has 1 N–H and O–H groups in total. The van der Waals surface area contributed by atoms with Gasteiger partial charge in [0.05, 0.1) is 13.0 Å². The van der Waals surface area contributed by atoms with Gasteiger partial charge in [-0.2, -0.15) is 0 Å². The molecule has 0 saturated heterocycles. The van der Waals surface area contributed by atoms with E-state index in [0.717, 1.165) is 11.3 Å². The highest BCUT2D eigenvalue weighted by Gasteiger charge is 2.13. The largest absolute Gasteiger partial charge is 0.466 e. The summed E-state index contributed by atoms with van der Waals surface area (Å²) in [5.41, 5.74) is 0.460. The van der Waals surface area contributed by atoms with Crippen molar-refractivity contribution >= 4 is 39.9 Å². The number of carbonyl (C=O) groups is 2. The molecule has 1 amide bonds. The van der Waals surface area contributed by atoms with Crippen LogP contribution in [-0.2, 0) is 16.0 Å². The molecule has 0 unspecified atom stereocenters. The minimum Gasteiger partial charge on any atom is -0.466 e. The second kappa shape index (κ2) is 7.14. The number of esters is 1. The van der Waals surface area contributed by atoms with Crippen molar-refractivity contribution in [2.75, 3.05) is 11.9 Å². The molecule has 6 nitrogen and oxygen atoms in total. The first-order chi connectivity index (χ1) is 10.1. The SMILES string of the molecule is CCOC(=O)Cc1nnc(NC(=O)c2ccc(Cl)cc2)s1. The molecule has 0 aliphatic heterocycles. The molecule has 2 rings (SSSR count). The highest BCUT2D eigenvalue weighted by Crippen LogP contribution is 2.17. The molecular formula is C13H12ClN3O3S. The van der Waals surface area contributed by atoms with E-state index in [2.05, 4.69) is 15.5 Å². The summed E-state index contributed by atoms with van der Waals surface area (Å²) in [5, 5.41) is 11.6. The van der Waals surface area contributed by atoms with Crippen molar-refractivity contribution in [2.45, 2.75) is 13.3 Å². The van der Waals surface area contributed by atoms with E-state index in [1.807, 2.05) is 0 Å². The van der Waals surface area contributed by atoms with Crippen LogP contribution in [0.2, 0.25) is 5.02 Å². The minimum absolute atomic E-state index is 0.0440. The van der Waals surface area contributed by atoms with Gasteiger partial charge in [-0.05, 0) is 31.2 Å². The topological polar surface area (TPSA) is 81.2 Å². The van der Waals surface area contributed by atoms with E-state index in [4.69, 9.17) is 16.3 Å². The molecule has 1 heterocycles. The number of rotatable bonds is 5. The number of hydrogen-bond donors (Lipinski definition) is 1. The van der Waals surface area contributed by atoms with E-state index in [1.54, 1.807) is 31.2 Å². The van der Waals surface area contributed by atoms with Crippen molar-refractivity contribution in [3.05, 3.63) is 39.9 Å². The predicted molar refractivity (Wildman–Crippen MR) is 79.7 cm³/mol. The van der Waals surface area contributed by atoms with Crippen LogP contribution in [0, 0.1) is 0 Å². The lowest BCUT2D eigenvalue weighted by atomic mass is 10.2. The van der Waals surface area contributed by atoms with Crippen LogP contribution in [0.1, 0.15) is 22.3 Å². The van der Waals surface area contributed by atoms with Gasteiger partial charge in [0, 0.05) is 10.6 Å². The van der Waals surface area contributed by atoms with Crippen LogP contribution in [0.4, 0.5) is 5.13 Å². The van der Waals surface area contributed by atoms with Crippen molar-refractivity contribution in [1.29, 1.82) is 0 Å². The molecule has 0 bridgehead atoms. The van der Waals surface area contributed by atoms with E-state index in [9.17, 15) is 9.59 Å². The molecule has 0 saturated carbocycles. The molecule has 21 heavy (non-hydrogen) atoms. The molecule has 0 aliphatic carbocycles. The molecular weight excluding hydrogens is 314 g/mol. The van der Waals surface area contributed by atoms with Gasteiger partial charge in [0.1, 0.15) is 5.01 Å². The lowest BCUT2D eigenvalue weighted by Crippen LogP contribution is -2.11. The monoisotopic (exact) mass is 325 g/mol. The molecule has 1 aromatic carbocycles. The molecule has 1 aromatic heterocycles. The van der Waals surface area contributed by atoms with E-state index in [-0.39, 0.29) is 18.3 Å². The maximum atomic E-state index is 12.0. The third kappa shape index (κ3) is 4.51. The number of ether oxygens (including phenoxy) is 1. The van der Waals surface area contributed by atoms with E-state index in [0.29, 0.717) is 27.3 Å². The summed E-state index contributed by atoms with van der Waals surface area (Å²) in [5.74, 6) is -0.685. The summed E-state index contributed by atoms with van der Waals surface area (Å²) in [6.45, 7) is 2.05. The quantitative estimate of drug-likeness (QED) is 0.854. The second-order valence-corrected chi connectivity index (χ2v) is 5.44. The van der Waals surface area contributed by atoms with E-state index < -0.39 is 0 Å². The first-order valence-corrected chi connectivity index (χ1v) is 7.33. The Balaban J connectivity index is 1.97. The van der Waals surface area contributed by atoms with Crippen LogP contribution in [0.25, 0.3) is 0 Å². The van der Waals surface area contributed by atoms with Crippen LogP contribution >= 0.6 is 22.9 Å². The summed E-state index contributed by atoms with van der Waals surface area (Å²) in [7, 11) is 0. The Labute approximate surface area is 130 Å². The highest BCUT2D eigenvalue weighted by atomic mass is 35.5. The third-order valence-electron chi connectivity index (χ3n) is 2.39. The van der Waals surface area contributed by atoms with Gasteiger partial charge in [0.25, 0.3) is 5.91 Å². The summed E-state index contributed by atoms with van der Waals surface area (Å²) >= 11 is 6.89. The van der Waals surface area contributed by atoms with Gasteiger partial charge in [0.15, 0.2) is 0 Å². The summed E-state index contributed by atoms with van der Waals surface area (Å²) in [6.07, 6.45) is 0.0440. The lowest BCUT2D eigenvalue weighted by Gasteiger charge is -2.00. The number of nitrogens with one attached hydrogen (secondary N) is 1. The van der Waals surface area contributed by atoms with Gasteiger partial charge in [-0.3, -0.25) is 14.9 Å². The molecule has 0 fully saturated rings.